The lowest BCUT2D eigenvalue weighted by Crippen LogP contribution is -2.44. The lowest BCUT2D eigenvalue weighted by molar-refractivity contribution is -0.143. The Balaban J connectivity index is 4.71. The van der Waals surface area contributed by atoms with Gasteiger partial charge in [0.1, 0.15) is 6.04 Å². The van der Waals surface area contributed by atoms with Gasteiger partial charge in [-0.1, -0.05) is 27.2 Å². The zero-order chi connectivity index (χ0) is 17.9. The van der Waals surface area contributed by atoms with Gasteiger partial charge in [-0.05, 0) is 57.0 Å². The third-order valence-corrected chi connectivity index (χ3v) is 3.80. The molecule has 0 rings (SSSR count). The molecule has 23 heavy (non-hydrogen) atoms. The van der Waals surface area contributed by atoms with E-state index in [1.54, 1.807) is 0 Å². The lowest BCUT2D eigenvalue weighted by Gasteiger charge is -2.26. The minimum atomic E-state index is -0.980. The summed E-state index contributed by atoms with van der Waals surface area (Å²) in [7, 11) is 0. The highest BCUT2D eigenvalue weighted by atomic mass is 16.4. The molecule has 6 N–H and O–H groups in total. The van der Waals surface area contributed by atoms with E-state index >= 15 is 0 Å². The highest BCUT2D eigenvalue weighted by Gasteiger charge is 2.28. The van der Waals surface area contributed by atoms with Crippen molar-refractivity contribution in [2.75, 3.05) is 13.1 Å². The highest BCUT2D eigenvalue weighted by molar-refractivity contribution is 5.84. The maximum absolute atomic E-state index is 12.5. The molecule has 0 saturated heterocycles. The van der Waals surface area contributed by atoms with Crippen molar-refractivity contribution in [1.29, 1.82) is 0 Å². The van der Waals surface area contributed by atoms with Crippen LogP contribution in [0.25, 0.3) is 0 Å². The van der Waals surface area contributed by atoms with Gasteiger partial charge >= 0.3 is 5.97 Å². The molecule has 1 amide bonds. The Kier molecular flexibility index (Phi) is 10.8. The Morgan fingerprint density at radius 3 is 1.96 bits per heavy atom. The van der Waals surface area contributed by atoms with Crippen molar-refractivity contribution >= 4 is 11.9 Å². The van der Waals surface area contributed by atoms with Crippen molar-refractivity contribution in [3.63, 3.8) is 0 Å². The number of hydrogen-bond donors (Lipinski definition) is 4. The van der Waals surface area contributed by atoms with Gasteiger partial charge in [0, 0.05) is 5.92 Å². The molecule has 0 aliphatic carbocycles. The Labute approximate surface area is 140 Å². The number of nitrogens with one attached hydrogen (secondary N) is 1. The van der Waals surface area contributed by atoms with Gasteiger partial charge in [0.05, 0.1) is 0 Å². The molecule has 0 bridgehead atoms. The highest BCUT2D eigenvalue weighted by Crippen LogP contribution is 2.28. The number of carbonyl (C=O) groups excluding carboxylic acids is 1. The minimum absolute atomic E-state index is 0.0169. The second-order valence-electron chi connectivity index (χ2n) is 7.43. The second-order valence-corrected chi connectivity index (χ2v) is 7.43. The van der Waals surface area contributed by atoms with Crippen LogP contribution in [0.2, 0.25) is 0 Å². The summed E-state index contributed by atoms with van der Waals surface area (Å²) in [5, 5.41) is 12.0. The number of aliphatic carboxylic acids is 1. The quantitative estimate of drug-likeness (QED) is 0.408. The van der Waals surface area contributed by atoms with E-state index in [0.717, 1.165) is 32.1 Å². The number of carboxylic acid groups (broad SMARTS) is 1. The maximum Gasteiger partial charge on any atom is 0.326 e. The van der Waals surface area contributed by atoms with Gasteiger partial charge in [-0.15, -0.1) is 0 Å². The Bertz CT molecular complexity index is 353. The summed E-state index contributed by atoms with van der Waals surface area (Å²) in [6.45, 7) is 7.41. The molecular formula is C17H35N3O3. The van der Waals surface area contributed by atoms with Crippen LogP contribution in [0, 0.1) is 11.3 Å². The molecule has 2 atom stereocenters. The SMILES string of the molecule is CC(C)(C)C[C@H](CCCCN)C(=O)N[C@H](CCCCN)C(=O)O. The minimum Gasteiger partial charge on any atom is -0.480 e. The van der Waals surface area contributed by atoms with Crippen LogP contribution in [0.1, 0.15) is 65.7 Å². The fraction of sp³-hybridized carbons (Fsp3) is 0.882. The standard InChI is InChI=1S/C17H35N3O3/c1-17(2,3)12-13(8-4-6-10-18)15(21)20-14(16(22)23)9-5-7-11-19/h13-14H,4-12,18-19H2,1-3H3,(H,20,21)(H,22,23)/t13-,14+/m0/s1. The van der Waals surface area contributed by atoms with Gasteiger partial charge in [0.2, 0.25) is 5.91 Å². The van der Waals surface area contributed by atoms with Gasteiger partial charge in [0.15, 0.2) is 0 Å². The normalized spacial score (nSPS) is 14.3. The molecule has 0 fully saturated rings. The number of carbonyl (C=O) groups is 2. The van der Waals surface area contributed by atoms with Gasteiger partial charge < -0.3 is 21.9 Å². The van der Waals surface area contributed by atoms with Crippen LogP contribution in [0.5, 0.6) is 0 Å². The predicted molar refractivity (Wildman–Crippen MR) is 92.9 cm³/mol. The largest absolute Gasteiger partial charge is 0.480 e. The first-order chi connectivity index (χ1) is 10.7. The van der Waals surface area contributed by atoms with Crippen molar-refractivity contribution in [2.24, 2.45) is 22.8 Å². The summed E-state index contributed by atoms with van der Waals surface area (Å²) < 4.78 is 0. The molecule has 0 aromatic carbocycles. The van der Waals surface area contributed by atoms with Gasteiger partial charge in [0.25, 0.3) is 0 Å². The third-order valence-electron chi connectivity index (χ3n) is 3.80. The fourth-order valence-electron chi connectivity index (χ4n) is 2.64. The van der Waals surface area contributed by atoms with E-state index in [0.29, 0.717) is 25.9 Å². The number of rotatable bonds is 12. The fourth-order valence-corrected chi connectivity index (χ4v) is 2.64. The summed E-state index contributed by atoms with van der Waals surface area (Å²) in [6.07, 6.45) is 5.13. The van der Waals surface area contributed by atoms with Crippen molar-refractivity contribution in [2.45, 2.75) is 71.8 Å². The van der Waals surface area contributed by atoms with Gasteiger partial charge in [-0.2, -0.15) is 0 Å². The number of amides is 1. The predicted octanol–water partition coefficient (Wildman–Crippen LogP) is 1.87. The summed E-state index contributed by atoms with van der Waals surface area (Å²) in [5.41, 5.74) is 11.0. The zero-order valence-corrected chi connectivity index (χ0v) is 14.9. The monoisotopic (exact) mass is 329 g/mol. The summed E-state index contributed by atoms with van der Waals surface area (Å²) in [4.78, 5) is 23.9. The smallest absolute Gasteiger partial charge is 0.326 e. The van der Waals surface area contributed by atoms with Crippen molar-refractivity contribution in [1.82, 2.24) is 5.32 Å². The van der Waals surface area contributed by atoms with E-state index in [2.05, 4.69) is 26.1 Å². The van der Waals surface area contributed by atoms with E-state index in [1.165, 1.54) is 0 Å². The Hall–Kier alpha value is -1.14. The van der Waals surface area contributed by atoms with Crippen LogP contribution < -0.4 is 16.8 Å². The molecule has 0 heterocycles. The summed E-state index contributed by atoms with van der Waals surface area (Å²) in [6, 6.07) is -0.828. The molecule has 6 heteroatoms. The van der Waals surface area contributed by atoms with Crippen LogP contribution in [0.4, 0.5) is 0 Å². The molecule has 0 unspecified atom stereocenters. The van der Waals surface area contributed by atoms with Crippen LogP contribution in [-0.2, 0) is 9.59 Å². The lowest BCUT2D eigenvalue weighted by atomic mass is 9.82. The van der Waals surface area contributed by atoms with Crippen molar-refractivity contribution in [3.8, 4) is 0 Å². The topological polar surface area (TPSA) is 118 Å². The molecule has 0 aliphatic heterocycles. The van der Waals surface area contributed by atoms with Gasteiger partial charge in [-0.3, -0.25) is 4.79 Å². The summed E-state index contributed by atoms with van der Waals surface area (Å²) in [5.74, 6) is -1.30. The molecule has 0 aromatic heterocycles. The Morgan fingerprint density at radius 1 is 1.00 bits per heavy atom. The van der Waals surface area contributed by atoms with E-state index < -0.39 is 12.0 Å². The number of hydrogen-bond acceptors (Lipinski definition) is 4. The average Bonchev–Trinajstić information content (AvgIpc) is 2.44. The first kappa shape index (κ1) is 21.9. The van der Waals surface area contributed by atoms with Crippen LogP contribution in [-0.4, -0.2) is 36.1 Å². The third kappa shape index (κ3) is 11.1. The average molecular weight is 329 g/mol. The first-order valence-corrected chi connectivity index (χ1v) is 8.64. The molecule has 6 nitrogen and oxygen atoms in total. The van der Waals surface area contributed by atoms with E-state index in [1.807, 2.05) is 0 Å². The number of unbranched alkanes of at least 4 members (excludes halogenated alkanes) is 2. The molecule has 0 aromatic rings. The molecular weight excluding hydrogens is 294 g/mol. The molecule has 0 aliphatic rings. The van der Waals surface area contributed by atoms with E-state index in [-0.39, 0.29) is 17.2 Å². The molecule has 0 spiro atoms. The molecule has 136 valence electrons. The molecule has 0 saturated carbocycles. The zero-order valence-electron chi connectivity index (χ0n) is 14.9. The van der Waals surface area contributed by atoms with Crippen molar-refractivity contribution < 1.29 is 14.7 Å². The van der Waals surface area contributed by atoms with Crippen LogP contribution in [0.15, 0.2) is 0 Å². The number of nitrogens with two attached hydrogens (primary N) is 2. The van der Waals surface area contributed by atoms with Gasteiger partial charge in [-0.25, -0.2) is 4.79 Å². The summed E-state index contributed by atoms with van der Waals surface area (Å²) >= 11 is 0. The first-order valence-electron chi connectivity index (χ1n) is 8.64. The van der Waals surface area contributed by atoms with E-state index in [4.69, 9.17) is 11.5 Å². The molecule has 0 radical (unpaired) electrons. The second kappa shape index (κ2) is 11.4. The van der Waals surface area contributed by atoms with E-state index in [9.17, 15) is 14.7 Å². The van der Waals surface area contributed by atoms with Crippen LogP contribution in [0.3, 0.4) is 0 Å². The van der Waals surface area contributed by atoms with Crippen LogP contribution >= 0.6 is 0 Å². The number of carboxylic acids is 1. The maximum atomic E-state index is 12.5. The Morgan fingerprint density at radius 2 is 1.52 bits per heavy atom. The van der Waals surface area contributed by atoms with Crippen molar-refractivity contribution in [3.05, 3.63) is 0 Å².